The van der Waals surface area contributed by atoms with Crippen LogP contribution in [-0.4, -0.2) is 53.6 Å². The van der Waals surface area contributed by atoms with Crippen LogP contribution in [0.3, 0.4) is 0 Å². The molecule has 0 aliphatic heterocycles. The number of sulfonamides is 2. The molecule has 246 valence electrons. The zero-order chi connectivity index (χ0) is 34.6. The summed E-state index contributed by atoms with van der Waals surface area (Å²) >= 11 is 0. The number of hydrogen-bond acceptors (Lipinski definition) is 11. The van der Waals surface area contributed by atoms with E-state index in [1.165, 1.54) is 66.9 Å². The fraction of sp³-hybridized carbons (Fsp3) is 0.129. The molecule has 0 atom stereocenters. The number of nitrogens with zero attached hydrogens (tertiary/aromatic N) is 5. The third kappa shape index (κ3) is 8.31. The van der Waals surface area contributed by atoms with E-state index in [-0.39, 0.29) is 32.9 Å². The molecule has 0 saturated carbocycles. The zero-order valence-corrected chi connectivity index (χ0v) is 27.6. The first-order valence-electron chi connectivity index (χ1n) is 14.2. The number of carbonyl (C=O) groups is 2. The van der Waals surface area contributed by atoms with E-state index in [0.29, 0.717) is 34.2 Å². The van der Waals surface area contributed by atoms with E-state index < -0.39 is 31.9 Å². The molecule has 0 bridgehead atoms. The molecule has 15 nitrogen and oxygen atoms in total. The summed E-state index contributed by atoms with van der Waals surface area (Å²) in [6.45, 7) is 6.90. The molecule has 0 fully saturated rings. The lowest BCUT2D eigenvalue weighted by molar-refractivity contribution is 0.101. The van der Waals surface area contributed by atoms with Crippen molar-refractivity contribution in [3.63, 3.8) is 0 Å². The second kappa shape index (κ2) is 13.5. The summed E-state index contributed by atoms with van der Waals surface area (Å²) in [6.07, 6.45) is 1.22. The van der Waals surface area contributed by atoms with E-state index in [1.54, 1.807) is 39.8 Å². The van der Waals surface area contributed by atoms with E-state index in [0.717, 1.165) is 0 Å². The smallest absolute Gasteiger partial charge is 0.274 e. The van der Waals surface area contributed by atoms with Crippen molar-refractivity contribution >= 4 is 55.1 Å². The third-order valence-electron chi connectivity index (χ3n) is 6.52. The van der Waals surface area contributed by atoms with Crippen molar-refractivity contribution in [3.05, 3.63) is 113 Å². The molecule has 2 amide bonds. The topological polar surface area (TPSA) is 215 Å². The van der Waals surface area contributed by atoms with Gasteiger partial charge in [-0.25, -0.2) is 46.2 Å². The maximum absolute atomic E-state index is 12.8. The Morgan fingerprint density at radius 2 is 0.938 bits per heavy atom. The van der Waals surface area contributed by atoms with E-state index in [2.05, 4.69) is 45.0 Å². The molecular weight excluding hydrogens is 659 g/mol. The predicted octanol–water partition coefficient (Wildman–Crippen LogP) is 4.00. The lowest BCUT2D eigenvalue weighted by Gasteiger charge is -2.10. The van der Waals surface area contributed by atoms with Crippen molar-refractivity contribution < 1.29 is 26.4 Å². The fourth-order valence-corrected chi connectivity index (χ4v) is 6.28. The molecule has 5 aromatic rings. The highest BCUT2D eigenvalue weighted by Crippen LogP contribution is 2.20. The Bertz CT molecular complexity index is 2030. The molecule has 0 spiro atoms. The van der Waals surface area contributed by atoms with E-state index in [4.69, 9.17) is 0 Å². The molecule has 0 aliphatic carbocycles. The molecule has 0 radical (unpaired) electrons. The van der Waals surface area contributed by atoms with Crippen LogP contribution in [0.4, 0.5) is 23.3 Å². The van der Waals surface area contributed by atoms with Crippen molar-refractivity contribution in [1.29, 1.82) is 0 Å². The minimum Gasteiger partial charge on any atom is -0.322 e. The Morgan fingerprint density at radius 3 is 1.31 bits per heavy atom. The summed E-state index contributed by atoms with van der Waals surface area (Å²) in [4.78, 5) is 45.8. The number of amides is 2. The lowest BCUT2D eigenvalue weighted by Crippen LogP contribution is -2.17. The average Bonchev–Trinajstić information content (AvgIpc) is 3.00. The van der Waals surface area contributed by atoms with Gasteiger partial charge in [0, 0.05) is 40.3 Å². The molecule has 48 heavy (non-hydrogen) atoms. The van der Waals surface area contributed by atoms with Crippen molar-refractivity contribution in [1.82, 2.24) is 24.9 Å². The van der Waals surface area contributed by atoms with Gasteiger partial charge in [-0.05, 0) is 100 Å². The molecular formula is C31H29N9O6S2. The van der Waals surface area contributed by atoms with E-state index in [1.807, 2.05) is 0 Å². The summed E-state index contributed by atoms with van der Waals surface area (Å²) < 4.78 is 55.7. The van der Waals surface area contributed by atoms with Gasteiger partial charge in [0.25, 0.3) is 31.9 Å². The van der Waals surface area contributed by atoms with E-state index in [9.17, 15) is 26.4 Å². The first kappa shape index (κ1) is 33.6. The molecule has 0 unspecified atom stereocenters. The first-order chi connectivity index (χ1) is 22.7. The normalized spacial score (nSPS) is 11.4. The van der Waals surface area contributed by atoms with Crippen LogP contribution in [0.1, 0.15) is 43.6 Å². The van der Waals surface area contributed by atoms with Crippen molar-refractivity contribution in [3.8, 4) is 0 Å². The van der Waals surface area contributed by atoms with Gasteiger partial charge in [0.2, 0.25) is 11.9 Å². The van der Waals surface area contributed by atoms with Crippen LogP contribution in [0.2, 0.25) is 0 Å². The second-order valence-electron chi connectivity index (χ2n) is 10.5. The SMILES string of the molecule is Cc1cc(C)nc(NS(=O)(=O)c2ccc(NC(=O)c3ccc(C(=O)Nc4ccc(S(=O)(=O)Nc5nc(C)cc(C)n5)cc4)nc3)cc2)n1. The molecule has 0 saturated heterocycles. The lowest BCUT2D eigenvalue weighted by atomic mass is 10.2. The highest BCUT2D eigenvalue weighted by Gasteiger charge is 2.19. The quantitative estimate of drug-likeness (QED) is 0.165. The Labute approximate surface area is 276 Å². The highest BCUT2D eigenvalue weighted by atomic mass is 32.2. The third-order valence-corrected chi connectivity index (χ3v) is 9.21. The summed E-state index contributed by atoms with van der Waals surface area (Å²) in [5.74, 6) is -1.22. The number of carbonyl (C=O) groups excluding carboxylic acids is 2. The van der Waals surface area contributed by atoms with Gasteiger partial charge in [-0.3, -0.25) is 14.6 Å². The Hall–Kier alpha value is -5.81. The number of anilines is 4. The predicted molar refractivity (Wildman–Crippen MR) is 178 cm³/mol. The number of hydrogen-bond donors (Lipinski definition) is 4. The van der Waals surface area contributed by atoms with Crippen molar-refractivity contribution in [2.24, 2.45) is 0 Å². The number of aromatic nitrogens is 5. The Morgan fingerprint density at radius 1 is 0.542 bits per heavy atom. The number of aryl methyl sites for hydroxylation is 4. The minimum atomic E-state index is -3.98. The molecule has 5 rings (SSSR count). The number of nitrogens with one attached hydrogen (secondary N) is 4. The summed E-state index contributed by atoms with van der Waals surface area (Å²) in [6, 6.07) is 17.2. The standard InChI is InChI=1S/C31H29N9O6S2/c1-18-15-19(2)34-30(33-18)39-47(43,44)25-10-6-23(7-11-25)37-28(41)22-5-14-27(32-17-22)29(42)38-24-8-12-26(13-9-24)48(45,46)40-31-35-20(3)16-21(4)36-31/h5-17H,1-4H3,(H,37,41)(H,38,42)(H,33,34,39)(H,35,36,40). The summed E-state index contributed by atoms with van der Waals surface area (Å²) in [5, 5.41) is 5.27. The number of pyridine rings is 1. The number of rotatable bonds is 10. The molecule has 2 aromatic carbocycles. The molecule has 0 aliphatic rings. The molecule has 3 aromatic heterocycles. The van der Waals surface area contributed by atoms with Crippen molar-refractivity contribution in [2.45, 2.75) is 37.5 Å². The monoisotopic (exact) mass is 687 g/mol. The second-order valence-corrected chi connectivity index (χ2v) is 13.9. The van der Waals surface area contributed by atoms with Crippen LogP contribution in [0.5, 0.6) is 0 Å². The minimum absolute atomic E-state index is 0.00623. The maximum atomic E-state index is 12.8. The molecule has 3 heterocycles. The summed E-state index contributed by atoms with van der Waals surface area (Å²) in [5.41, 5.74) is 3.23. The van der Waals surface area contributed by atoms with Gasteiger partial charge in [-0.1, -0.05) is 0 Å². The van der Waals surface area contributed by atoms with Gasteiger partial charge < -0.3 is 10.6 Å². The molecule has 4 N–H and O–H groups in total. The average molecular weight is 688 g/mol. The van der Waals surface area contributed by atoms with E-state index >= 15 is 0 Å². The first-order valence-corrected chi connectivity index (χ1v) is 17.1. The largest absolute Gasteiger partial charge is 0.322 e. The van der Waals surface area contributed by atoms with Crippen LogP contribution in [0.15, 0.2) is 88.8 Å². The van der Waals surface area contributed by atoms with Gasteiger partial charge in [-0.15, -0.1) is 0 Å². The zero-order valence-electron chi connectivity index (χ0n) is 26.0. The summed E-state index contributed by atoms with van der Waals surface area (Å²) in [7, 11) is -7.95. The van der Waals surface area contributed by atoms with Crippen LogP contribution in [0.25, 0.3) is 0 Å². The van der Waals surface area contributed by atoms with Gasteiger partial charge >= 0.3 is 0 Å². The fourth-order valence-electron chi connectivity index (χ4n) is 4.40. The molecule has 17 heteroatoms. The van der Waals surface area contributed by atoms with Gasteiger partial charge in [-0.2, -0.15) is 0 Å². The van der Waals surface area contributed by atoms with Crippen LogP contribution in [0, 0.1) is 27.7 Å². The maximum Gasteiger partial charge on any atom is 0.274 e. The highest BCUT2D eigenvalue weighted by molar-refractivity contribution is 7.93. The van der Waals surface area contributed by atoms with Crippen molar-refractivity contribution in [2.75, 3.05) is 20.1 Å². The van der Waals surface area contributed by atoms with Gasteiger partial charge in [0.15, 0.2) is 0 Å². The van der Waals surface area contributed by atoms with Crippen LogP contribution < -0.4 is 20.1 Å². The van der Waals surface area contributed by atoms with Crippen LogP contribution >= 0.6 is 0 Å². The van der Waals surface area contributed by atoms with Crippen LogP contribution in [-0.2, 0) is 20.0 Å². The van der Waals surface area contributed by atoms with Gasteiger partial charge in [0.1, 0.15) is 5.69 Å². The Balaban J connectivity index is 1.17. The Kier molecular flexibility index (Phi) is 9.44. The van der Waals surface area contributed by atoms with Gasteiger partial charge in [0.05, 0.1) is 15.4 Å². The number of benzene rings is 2.